The van der Waals surface area contributed by atoms with Gasteiger partial charge in [0, 0.05) is 18.8 Å². The number of rotatable bonds is 2. The van der Waals surface area contributed by atoms with Crippen LogP contribution in [0.1, 0.15) is 30.8 Å². The maximum Gasteiger partial charge on any atom is 0.126 e. The van der Waals surface area contributed by atoms with Crippen LogP contribution in [0, 0.1) is 19.3 Å². The molecule has 104 valence electrons. The molecule has 5 heteroatoms. The lowest BCUT2D eigenvalue weighted by Gasteiger charge is -2.38. The van der Waals surface area contributed by atoms with Crippen LogP contribution in [0.15, 0.2) is 6.07 Å². The molecule has 0 aromatic carbocycles. The van der Waals surface area contributed by atoms with Crippen LogP contribution >= 0.6 is 0 Å². The predicted octanol–water partition coefficient (Wildman–Crippen LogP) is 1.60. The molecule has 1 aromatic heterocycles. The SMILES string of the molecule is Cc1cc(N2C[C@@H](C)O[C@@H](C)C2)c(C(=N)N)c(C)n1. The first-order chi connectivity index (χ1) is 8.88. The Morgan fingerprint density at radius 2 is 1.95 bits per heavy atom. The van der Waals surface area contributed by atoms with Crippen LogP contribution in [0.25, 0.3) is 0 Å². The fourth-order valence-corrected chi connectivity index (χ4v) is 2.76. The van der Waals surface area contributed by atoms with E-state index in [9.17, 15) is 0 Å². The summed E-state index contributed by atoms with van der Waals surface area (Å²) < 4.78 is 5.76. The molecule has 1 saturated heterocycles. The Labute approximate surface area is 114 Å². The molecular formula is C14H22N4O. The Kier molecular flexibility index (Phi) is 3.75. The van der Waals surface area contributed by atoms with Crippen molar-refractivity contribution in [3.8, 4) is 0 Å². The van der Waals surface area contributed by atoms with Gasteiger partial charge in [-0.1, -0.05) is 0 Å². The number of pyridine rings is 1. The average Bonchev–Trinajstić information content (AvgIpc) is 2.25. The molecule has 3 N–H and O–H groups in total. The molecule has 19 heavy (non-hydrogen) atoms. The fourth-order valence-electron chi connectivity index (χ4n) is 2.76. The van der Waals surface area contributed by atoms with Crippen LogP contribution in [0.5, 0.6) is 0 Å². The molecule has 1 fully saturated rings. The number of anilines is 1. The van der Waals surface area contributed by atoms with Gasteiger partial charge in [-0.05, 0) is 33.8 Å². The van der Waals surface area contributed by atoms with E-state index in [0.717, 1.165) is 35.7 Å². The second kappa shape index (κ2) is 5.17. The maximum absolute atomic E-state index is 7.79. The van der Waals surface area contributed by atoms with Crippen LogP contribution in [0.4, 0.5) is 5.69 Å². The van der Waals surface area contributed by atoms with Crippen molar-refractivity contribution in [2.45, 2.75) is 39.9 Å². The molecular weight excluding hydrogens is 240 g/mol. The van der Waals surface area contributed by atoms with Crippen molar-refractivity contribution >= 4 is 11.5 Å². The first-order valence-electron chi connectivity index (χ1n) is 6.61. The number of aromatic nitrogens is 1. The molecule has 1 aliphatic heterocycles. The summed E-state index contributed by atoms with van der Waals surface area (Å²) in [6.45, 7) is 9.63. The highest BCUT2D eigenvalue weighted by Gasteiger charge is 2.25. The standard InChI is InChI=1S/C14H22N4O/c1-8-5-12(13(14(15)16)11(4)17-8)18-6-9(2)19-10(3)7-18/h5,9-10H,6-7H2,1-4H3,(H3,15,16)/t9-,10+. The first kappa shape index (κ1) is 13.8. The van der Waals surface area contributed by atoms with E-state index in [2.05, 4.69) is 23.7 Å². The largest absolute Gasteiger partial charge is 0.384 e. The number of nitrogens with zero attached hydrogens (tertiary/aromatic N) is 2. The topological polar surface area (TPSA) is 75.2 Å². The molecule has 0 aliphatic carbocycles. The van der Waals surface area contributed by atoms with Crippen LogP contribution in [0.2, 0.25) is 0 Å². The molecule has 5 nitrogen and oxygen atoms in total. The first-order valence-corrected chi connectivity index (χ1v) is 6.61. The predicted molar refractivity (Wildman–Crippen MR) is 76.9 cm³/mol. The average molecular weight is 262 g/mol. The number of morpholine rings is 1. The van der Waals surface area contributed by atoms with Crippen LogP contribution in [-0.4, -0.2) is 36.1 Å². The van der Waals surface area contributed by atoms with Gasteiger partial charge in [0.05, 0.1) is 29.2 Å². The number of aryl methyl sites for hydroxylation is 2. The Hall–Kier alpha value is -1.62. The number of nitrogen functional groups attached to an aromatic ring is 1. The molecule has 0 amide bonds. The minimum absolute atomic E-state index is 0.0757. The van der Waals surface area contributed by atoms with Crippen LogP contribution in [-0.2, 0) is 4.74 Å². The molecule has 0 radical (unpaired) electrons. The van der Waals surface area contributed by atoms with E-state index in [-0.39, 0.29) is 18.0 Å². The molecule has 1 aliphatic rings. The highest BCUT2D eigenvalue weighted by atomic mass is 16.5. The van der Waals surface area contributed by atoms with Crippen molar-refractivity contribution in [2.75, 3.05) is 18.0 Å². The van der Waals surface area contributed by atoms with Crippen molar-refractivity contribution < 1.29 is 4.74 Å². The van der Waals surface area contributed by atoms with Gasteiger partial charge in [-0.2, -0.15) is 0 Å². The van der Waals surface area contributed by atoms with Gasteiger partial charge in [-0.15, -0.1) is 0 Å². The molecule has 2 heterocycles. The molecule has 2 rings (SSSR count). The summed E-state index contributed by atoms with van der Waals surface area (Å²) in [5.74, 6) is 0.0757. The zero-order valence-electron chi connectivity index (χ0n) is 12.0. The second-order valence-corrected chi connectivity index (χ2v) is 5.32. The number of ether oxygens (including phenoxy) is 1. The van der Waals surface area contributed by atoms with E-state index in [1.165, 1.54) is 0 Å². The van der Waals surface area contributed by atoms with E-state index in [1.807, 2.05) is 19.9 Å². The number of hydrogen-bond donors (Lipinski definition) is 2. The van der Waals surface area contributed by atoms with Crippen molar-refractivity contribution in [1.82, 2.24) is 4.98 Å². The molecule has 0 saturated carbocycles. The van der Waals surface area contributed by atoms with E-state index in [4.69, 9.17) is 15.9 Å². The number of nitrogens with one attached hydrogen (secondary N) is 1. The summed E-state index contributed by atoms with van der Waals surface area (Å²) in [4.78, 5) is 6.66. The van der Waals surface area contributed by atoms with Gasteiger partial charge in [0.2, 0.25) is 0 Å². The monoisotopic (exact) mass is 262 g/mol. The molecule has 0 unspecified atom stereocenters. The minimum Gasteiger partial charge on any atom is -0.384 e. The van der Waals surface area contributed by atoms with E-state index < -0.39 is 0 Å². The highest BCUT2D eigenvalue weighted by Crippen LogP contribution is 2.26. The summed E-state index contributed by atoms with van der Waals surface area (Å²) >= 11 is 0. The second-order valence-electron chi connectivity index (χ2n) is 5.32. The third kappa shape index (κ3) is 2.87. The Balaban J connectivity index is 2.45. The van der Waals surface area contributed by atoms with Crippen molar-refractivity contribution in [3.05, 3.63) is 23.0 Å². The van der Waals surface area contributed by atoms with E-state index in [1.54, 1.807) is 0 Å². The highest BCUT2D eigenvalue weighted by molar-refractivity contribution is 6.01. The summed E-state index contributed by atoms with van der Waals surface area (Å²) in [5.41, 5.74) is 9.23. The molecule has 2 atom stereocenters. The van der Waals surface area contributed by atoms with E-state index >= 15 is 0 Å². The lowest BCUT2D eigenvalue weighted by molar-refractivity contribution is -0.00523. The third-order valence-electron chi connectivity index (χ3n) is 3.34. The zero-order chi connectivity index (χ0) is 14.2. The van der Waals surface area contributed by atoms with Crippen molar-refractivity contribution in [1.29, 1.82) is 5.41 Å². The summed E-state index contributed by atoms with van der Waals surface area (Å²) in [6.07, 6.45) is 0.356. The third-order valence-corrected chi connectivity index (χ3v) is 3.34. The fraction of sp³-hybridized carbons (Fsp3) is 0.571. The van der Waals surface area contributed by atoms with Crippen molar-refractivity contribution in [3.63, 3.8) is 0 Å². The number of amidine groups is 1. The summed E-state index contributed by atoms with van der Waals surface area (Å²) in [7, 11) is 0. The number of hydrogen-bond acceptors (Lipinski definition) is 4. The van der Waals surface area contributed by atoms with Crippen molar-refractivity contribution in [2.24, 2.45) is 5.73 Å². The van der Waals surface area contributed by atoms with Gasteiger partial charge in [-0.25, -0.2) is 0 Å². The van der Waals surface area contributed by atoms with Gasteiger partial charge in [0.25, 0.3) is 0 Å². The van der Waals surface area contributed by atoms with Gasteiger partial charge in [0.15, 0.2) is 0 Å². The molecule has 1 aromatic rings. The molecule has 0 spiro atoms. The minimum atomic E-state index is 0.0757. The zero-order valence-corrected chi connectivity index (χ0v) is 12.0. The van der Waals surface area contributed by atoms with Crippen LogP contribution < -0.4 is 10.6 Å². The summed E-state index contributed by atoms with van der Waals surface area (Å²) in [5, 5.41) is 7.79. The smallest absolute Gasteiger partial charge is 0.126 e. The quantitative estimate of drug-likeness (QED) is 0.627. The van der Waals surface area contributed by atoms with Crippen LogP contribution in [0.3, 0.4) is 0 Å². The Morgan fingerprint density at radius 3 is 2.47 bits per heavy atom. The Morgan fingerprint density at radius 1 is 1.37 bits per heavy atom. The van der Waals surface area contributed by atoms with E-state index in [0.29, 0.717) is 0 Å². The Bertz CT molecular complexity index is 490. The van der Waals surface area contributed by atoms with Gasteiger partial charge in [0.1, 0.15) is 5.84 Å². The van der Waals surface area contributed by atoms with Gasteiger partial charge in [-0.3, -0.25) is 10.4 Å². The summed E-state index contributed by atoms with van der Waals surface area (Å²) in [6, 6.07) is 2.01. The normalized spacial score (nSPS) is 23.5. The maximum atomic E-state index is 7.79. The lowest BCUT2D eigenvalue weighted by atomic mass is 10.1. The number of nitrogens with two attached hydrogens (primary N) is 1. The van der Waals surface area contributed by atoms with Gasteiger partial charge < -0.3 is 15.4 Å². The molecule has 0 bridgehead atoms. The van der Waals surface area contributed by atoms with Gasteiger partial charge >= 0.3 is 0 Å². The lowest BCUT2D eigenvalue weighted by Crippen LogP contribution is -2.46.